The predicted molar refractivity (Wildman–Crippen MR) is 53.2 cm³/mol. The number of allylic oxidation sites excluding steroid dienone is 1. The van der Waals surface area contributed by atoms with Gasteiger partial charge in [0.2, 0.25) is 0 Å². The summed E-state index contributed by atoms with van der Waals surface area (Å²) in [5.41, 5.74) is 0.501. The number of carbonyl (C=O) groups excluding carboxylic acids is 1. The number of hydrogen-bond donors (Lipinski definition) is 0. The number of hydrogen-bond acceptors (Lipinski definition) is 3. The molecular weight excluding hydrogens is 180 g/mol. The second kappa shape index (κ2) is 4.46. The molecule has 0 aliphatic carbocycles. The van der Waals surface area contributed by atoms with Crippen molar-refractivity contribution in [2.45, 2.75) is 6.92 Å². The molecule has 0 atom stereocenters. The van der Waals surface area contributed by atoms with Gasteiger partial charge in [-0.25, -0.2) is 4.79 Å². The molecule has 0 saturated carbocycles. The van der Waals surface area contributed by atoms with Crippen molar-refractivity contribution in [3.8, 4) is 5.75 Å². The fraction of sp³-hybridized carbons (Fsp3) is 0.182. The van der Waals surface area contributed by atoms with E-state index >= 15 is 0 Å². The lowest BCUT2D eigenvalue weighted by atomic mass is 10.2. The first-order chi connectivity index (χ1) is 6.63. The molecule has 74 valence electrons. The van der Waals surface area contributed by atoms with Crippen molar-refractivity contribution in [1.29, 1.82) is 0 Å². The summed E-state index contributed by atoms with van der Waals surface area (Å²) in [6.45, 7) is 5.37. The van der Waals surface area contributed by atoms with Gasteiger partial charge in [0.25, 0.3) is 0 Å². The summed E-state index contributed by atoms with van der Waals surface area (Å²) in [7, 11) is 1.35. The maximum Gasteiger partial charge on any atom is 0.337 e. The Labute approximate surface area is 83.0 Å². The second-order valence-corrected chi connectivity index (χ2v) is 2.82. The van der Waals surface area contributed by atoms with E-state index in [-0.39, 0.29) is 5.97 Å². The van der Waals surface area contributed by atoms with Crippen LogP contribution in [0.3, 0.4) is 0 Å². The van der Waals surface area contributed by atoms with Gasteiger partial charge in [0.1, 0.15) is 5.75 Å². The quantitative estimate of drug-likeness (QED) is 0.545. The zero-order chi connectivity index (χ0) is 10.6. The fourth-order valence-corrected chi connectivity index (χ4v) is 0.978. The maximum absolute atomic E-state index is 11.1. The molecule has 0 bridgehead atoms. The molecule has 3 nitrogen and oxygen atoms in total. The highest BCUT2D eigenvalue weighted by Crippen LogP contribution is 2.14. The van der Waals surface area contributed by atoms with E-state index in [9.17, 15) is 4.79 Å². The molecule has 0 unspecified atom stereocenters. The van der Waals surface area contributed by atoms with Crippen molar-refractivity contribution in [3.63, 3.8) is 0 Å². The molecule has 14 heavy (non-hydrogen) atoms. The Morgan fingerprint density at radius 2 is 1.86 bits per heavy atom. The van der Waals surface area contributed by atoms with Gasteiger partial charge < -0.3 is 9.47 Å². The molecular formula is C11H12O3. The Morgan fingerprint density at radius 3 is 2.29 bits per heavy atom. The van der Waals surface area contributed by atoms with Gasteiger partial charge >= 0.3 is 5.97 Å². The summed E-state index contributed by atoms with van der Waals surface area (Å²) in [4.78, 5) is 11.1. The van der Waals surface area contributed by atoms with Gasteiger partial charge in [0.15, 0.2) is 0 Å². The summed E-state index contributed by atoms with van der Waals surface area (Å²) in [6.07, 6.45) is 0. The maximum atomic E-state index is 11.1. The zero-order valence-corrected chi connectivity index (χ0v) is 8.24. The topological polar surface area (TPSA) is 35.5 Å². The predicted octanol–water partition coefficient (Wildman–Crippen LogP) is 2.39. The van der Waals surface area contributed by atoms with Crippen LogP contribution >= 0.6 is 0 Å². The molecule has 0 N–H and O–H groups in total. The lowest BCUT2D eigenvalue weighted by Crippen LogP contribution is -2.00. The number of ether oxygens (including phenoxy) is 2. The Hall–Kier alpha value is -1.77. The molecule has 0 radical (unpaired) electrons. The van der Waals surface area contributed by atoms with Gasteiger partial charge in [0, 0.05) is 0 Å². The number of carbonyl (C=O) groups is 1. The van der Waals surface area contributed by atoms with Gasteiger partial charge in [-0.2, -0.15) is 0 Å². The number of methoxy groups -OCH3 is 1. The van der Waals surface area contributed by atoms with Crippen LogP contribution in [0, 0.1) is 0 Å². The van der Waals surface area contributed by atoms with Crippen LogP contribution in [0.1, 0.15) is 17.3 Å². The normalized spacial score (nSPS) is 9.29. The van der Waals surface area contributed by atoms with E-state index in [0.29, 0.717) is 17.1 Å². The first-order valence-corrected chi connectivity index (χ1v) is 4.15. The molecule has 3 heteroatoms. The van der Waals surface area contributed by atoms with E-state index < -0.39 is 0 Å². The fourth-order valence-electron chi connectivity index (χ4n) is 0.978. The monoisotopic (exact) mass is 192 g/mol. The van der Waals surface area contributed by atoms with Crippen LogP contribution in [-0.4, -0.2) is 13.1 Å². The van der Waals surface area contributed by atoms with Crippen LogP contribution in [0.4, 0.5) is 0 Å². The molecule has 0 aliphatic heterocycles. The summed E-state index contributed by atoms with van der Waals surface area (Å²) in [5.74, 6) is 0.910. The van der Waals surface area contributed by atoms with E-state index in [0.717, 1.165) is 0 Å². The number of rotatable bonds is 3. The average Bonchev–Trinajstić information content (AvgIpc) is 2.17. The molecule has 1 rings (SSSR count). The Morgan fingerprint density at radius 1 is 1.29 bits per heavy atom. The van der Waals surface area contributed by atoms with E-state index in [4.69, 9.17) is 4.74 Å². The van der Waals surface area contributed by atoms with Crippen molar-refractivity contribution in [2.24, 2.45) is 0 Å². The van der Waals surface area contributed by atoms with Crippen molar-refractivity contribution in [1.82, 2.24) is 0 Å². The first-order valence-electron chi connectivity index (χ1n) is 4.15. The van der Waals surface area contributed by atoms with Crippen molar-refractivity contribution >= 4 is 5.97 Å². The van der Waals surface area contributed by atoms with Gasteiger partial charge in [-0.05, 0) is 31.2 Å². The van der Waals surface area contributed by atoms with Crippen LogP contribution in [0.2, 0.25) is 0 Å². The highest BCUT2D eigenvalue weighted by atomic mass is 16.5. The third kappa shape index (κ3) is 2.62. The number of benzene rings is 1. The van der Waals surface area contributed by atoms with Gasteiger partial charge in [-0.1, -0.05) is 6.58 Å². The molecule has 0 amide bonds. The lowest BCUT2D eigenvalue weighted by Gasteiger charge is -2.04. The van der Waals surface area contributed by atoms with E-state index in [2.05, 4.69) is 11.3 Å². The molecule has 0 saturated heterocycles. The number of esters is 1. The minimum Gasteiger partial charge on any atom is -0.465 e. The van der Waals surface area contributed by atoms with Gasteiger partial charge in [-0.3, -0.25) is 0 Å². The smallest absolute Gasteiger partial charge is 0.337 e. The van der Waals surface area contributed by atoms with E-state index in [1.807, 2.05) is 0 Å². The molecule has 0 spiro atoms. The molecule has 0 heterocycles. The standard InChI is InChI=1S/C11H12O3/c1-8(2)14-10-6-4-9(5-7-10)11(12)13-3/h4-7H,1H2,2-3H3. The highest BCUT2D eigenvalue weighted by molar-refractivity contribution is 5.89. The minimum absolute atomic E-state index is 0.355. The highest BCUT2D eigenvalue weighted by Gasteiger charge is 2.04. The molecule has 0 aliphatic rings. The summed E-state index contributed by atoms with van der Waals surface area (Å²) in [5, 5.41) is 0. The first kappa shape index (κ1) is 10.3. The van der Waals surface area contributed by atoms with Crippen molar-refractivity contribution < 1.29 is 14.3 Å². The van der Waals surface area contributed by atoms with Crippen LogP contribution in [-0.2, 0) is 4.74 Å². The minimum atomic E-state index is -0.355. The third-order valence-corrected chi connectivity index (χ3v) is 1.57. The second-order valence-electron chi connectivity index (χ2n) is 2.82. The van der Waals surface area contributed by atoms with Crippen LogP contribution in [0.5, 0.6) is 5.75 Å². The van der Waals surface area contributed by atoms with Gasteiger partial charge in [-0.15, -0.1) is 0 Å². The van der Waals surface area contributed by atoms with Gasteiger partial charge in [0.05, 0.1) is 18.4 Å². The SMILES string of the molecule is C=C(C)Oc1ccc(C(=O)OC)cc1. The summed E-state index contributed by atoms with van der Waals surface area (Å²) in [6, 6.07) is 6.68. The Bertz CT molecular complexity index is 338. The summed E-state index contributed by atoms with van der Waals surface area (Å²) < 4.78 is 9.80. The Kier molecular flexibility index (Phi) is 3.29. The van der Waals surface area contributed by atoms with E-state index in [1.165, 1.54) is 7.11 Å². The average molecular weight is 192 g/mol. The molecule has 0 fully saturated rings. The molecule has 1 aromatic carbocycles. The lowest BCUT2D eigenvalue weighted by molar-refractivity contribution is 0.0600. The summed E-state index contributed by atoms with van der Waals surface area (Å²) >= 11 is 0. The van der Waals surface area contributed by atoms with Crippen LogP contribution < -0.4 is 4.74 Å². The van der Waals surface area contributed by atoms with Crippen LogP contribution in [0.25, 0.3) is 0 Å². The molecule has 0 aromatic heterocycles. The van der Waals surface area contributed by atoms with Crippen molar-refractivity contribution in [2.75, 3.05) is 7.11 Å². The Balaban J connectivity index is 2.78. The molecule has 1 aromatic rings. The van der Waals surface area contributed by atoms with E-state index in [1.54, 1.807) is 31.2 Å². The third-order valence-electron chi connectivity index (χ3n) is 1.57. The largest absolute Gasteiger partial charge is 0.465 e. The van der Waals surface area contributed by atoms with Crippen molar-refractivity contribution in [3.05, 3.63) is 42.2 Å². The van der Waals surface area contributed by atoms with Crippen LogP contribution in [0.15, 0.2) is 36.6 Å². The zero-order valence-electron chi connectivity index (χ0n) is 8.24.